The first-order valence-electron chi connectivity index (χ1n) is 10.0. The summed E-state index contributed by atoms with van der Waals surface area (Å²) in [5.74, 6) is 0.278. The molecular weight excluding hydrogens is 395 g/mol. The maximum atomic E-state index is 13.4. The van der Waals surface area contributed by atoms with Crippen LogP contribution in [0, 0.1) is 5.92 Å². The molecule has 0 bridgehead atoms. The molecule has 2 atom stereocenters. The molecule has 2 aromatic rings. The van der Waals surface area contributed by atoms with Gasteiger partial charge in [-0.25, -0.2) is 4.79 Å². The number of amides is 2. The third-order valence-corrected chi connectivity index (χ3v) is 5.23. The number of pyridine rings is 1. The van der Waals surface area contributed by atoms with Crippen molar-refractivity contribution in [3.8, 4) is 0 Å². The smallest absolute Gasteiger partial charge is 0.369 e. The average molecular weight is 423 g/mol. The molecule has 0 radical (unpaired) electrons. The third-order valence-electron chi connectivity index (χ3n) is 5.23. The Balaban J connectivity index is 1.79. The molecule has 1 saturated heterocycles. The molecule has 1 aliphatic heterocycles. The Morgan fingerprint density at radius 1 is 1.27 bits per heavy atom. The van der Waals surface area contributed by atoms with E-state index in [1.165, 1.54) is 12.3 Å². The summed E-state index contributed by atoms with van der Waals surface area (Å²) < 4.78 is 40.2. The summed E-state index contributed by atoms with van der Waals surface area (Å²) in [6.45, 7) is 4.59. The number of nitrogens with zero attached hydrogens (tertiary/aromatic N) is 3. The van der Waals surface area contributed by atoms with Gasteiger partial charge in [0.25, 0.3) is 0 Å². The Morgan fingerprint density at radius 2 is 2.03 bits per heavy atom. The minimum Gasteiger partial charge on any atom is -0.369 e. The van der Waals surface area contributed by atoms with Crippen molar-refractivity contribution in [1.82, 2.24) is 20.5 Å². The number of carbonyl (C=O) groups is 1. The highest BCUT2D eigenvalue weighted by molar-refractivity contribution is 5.94. The number of nitrogens with one attached hydrogen (secondary N) is 2. The molecule has 1 fully saturated rings. The average Bonchev–Trinajstić information content (AvgIpc) is 2.65. The lowest BCUT2D eigenvalue weighted by atomic mass is 9.94. The van der Waals surface area contributed by atoms with Gasteiger partial charge < -0.3 is 20.4 Å². The summed E-state index contributed by atoms with van der Waals surface area (Å²) >= 11 is 0. The van der Waals surface area contributed by atoms with Crippen LogP contribution >= 0.6 is 0 Å². The Labute approximate surface area is 174 Å². The van der Waals surface area contributed by atoms with Gasteiger partial charge in [0.05, 0.1) is 11.1 Å². The number of aromatic nitrogens is 1. The molecular formula is C21H28F3N5O. The Morgan fingerprint density at radius 3 is 2.73 bits per heavy atom. The van der Waals surface area contributed by atoms with Crippen molar-refractivity contribution < 1.29 is 18.0 Å². The van der Waals surface area contributed by atoms with Gasteiger partial charge in [0.15, 0.2) is 0 Å². The molecule has 0 aliphatic carbocycles. The highest BCUT2D eigenvalue weighted by Gasteiger charge is 2.34. The minimum absolute atomic E-state index is 0.0494. The van der Waals surface area contributed by atoms with E-state index in [4.69, 9.17) is 0 Å². The van der Waals surface area contributed by atoms with Crippen LogP contribution in [0.3, 0.4) is 0 Å². The normalized spacial score (nSPS) is 19.9. The summed E-state index contributed by atoms with van der Waals surface area (Å²) in [5, 5.41) is 6.31. The van der Waals surface area contributed by atoms with E-state index in [2.05, 4.69) is 22.5 Å². The fraction of sp³-hybridized carbons (Fsp3) is 0.524. The predicted molar refractivity (Wildman–Crippen MR) is 112 cm³/mol. The second-order valence-electron chi connectivity index (χ2n) is 8.18. The van der Waals surface area contributed by atoms with Crippen LogP contribution in [-0.4, -0.2) is 62.2 Å². The summed E-state index contributed by atoms with van der Waals surface area (Å²) in [6, 6.07) is 5.60. The van der Waals surface area contributed by atoms with Crippen molar-refractivity contribution in [3.05, 3.63) is 36.0 Å². The van der Waals surface area contributed by atoms with Crippen LogP contribution in [0.4, 0.5) is 23.7 Å². The second kappa shape index (κ2) is 9.07. The number of alkyl halides is 3. The lowest BCUT2D eigenvalue weighted by molar-refractivity contribution is -0.136. The van der Waals surface area contributed by atoms with Crippen LogP contribution in [0.25, 0.3) is 10.9 Å². The van der Waals surface area contributed by atoms with E-state index in [9.17, 15) is 18.0 Å². The second-order valence-corrected chi connectivity index (χ2v) is 8.18. The van der Waals surface area contributed by atoms with E-state index in [1.807, 2.05) is 23.9 Å². The number of rotatable bonds is 5. The molecule has 1 aliphatic rings. The van der Waals surface area contributed by atoms with Gasteiger partial charge in [0.2, 0.25) is 0 Å². The molecule has 0 saturated carbocycles. The largest absolute Gasteiger partial charge is 0.418 e. The van der Waals surface area contributed by atoms with Gasteiger partial charge in [-0.1, -0.05) is 6.92 Å². The van der Waals surface area contributed by atoms with Crippen molar-refractivity contribution in [3.63, 3.8) is 0 Å². The van der Waals surface area contributed by atoms with Gasteiger partial charge in [0.1, 0.15) is 0 Å². The Kier molecular flexibility index (Phi) is 6.70. The number of likely N-dealkylation sites (N-methyl/N-ethyl adjacent to an activating group) is 1. The first-order chi connectivity index (χ1) is 14.1. The van der Waals surface area contributed by atoms with E-state index in [-0.39, 0.29) is 23.5 Å². The summed E-state index contributed by atoms with van der Waals surface area (Å²) in [7, 11) is 3.87. The summed E-state index contributed by atoms with van der Waals surface area (Å²) in [5.41, 5.74) is -0.0778. The van der Waals surface area contributed by atoms with Crippen LogP contribution in [0.1, 0.15) is 18.9 Å². The number of benzene rings is 1. The predicted octanol–water partition coefficient (Wildman–Crippen LogP) is 3.33. The van der Waals surface area contributed by atoms with Gasteiger partial charge >= 0.3 is 12.2 Å². The molecule has 2 heterocycles. The summed E-state index contributed by atoms with van der Waals surface area (Å²) in [4.78, 5) is 20.2. The zero-order valence-electron chi connectivity index (χ0n) is 17.5. The Hall–Kier alpha value is -2.55. The topological polar surface area (TPSA) is 60.5 Å². The van der Waals surface area contributed by atoms with Crippen LogP contribution in [-0.2, 0) is 6.18 Å². The molecule has 30 heavy (non-hydrogen) atoms. The number of halogens is 3. The van der Waals surface area contributed by atoms with Crippen LogP contribution < -0.4 is 15.5 Å². The number of urea groups is 1. The molecule has 2 amide bonds. The molecule has 164 valence electrons. The molecule has 1 aromatic heterocycles. The lowest BCUT2D eigenvalue weighted by Gasteiger charge is -2.38. The third kappa shape index (κ3) is 5.33. The SMILES string of the molecule is C[C@H]1C[C@@H](NC(=O)NCCN(C)C)CN(c2ccc(C(F)(F)F)c3ncccc23)C1. The number of anilines is 1. The van der Waals surface area contributed by atoms with Gasteiger partial charge in [-0.15, -0.1) is 0 Å². The molecule has 6 nitrogen and oxygen atoms in total. The number of carbonyl (C=O) groups excluding carboxylic acids is 1. The summed E-state index contributed by atoms with van der Waals surface area (Å²) in [6.07, 6.45) is -2.27. The number of hydrogen-bond acceptors (Lipinski definition) is 4. The fourth-order valence-electron chi connectivity index (χ4n) is 3.94. The first kappa shape index (κ1) is 22.1. The molecule has 0 unspecified atom stereocenters. The van der Waals surface area contributed by atoms with Crippen molar-refractivity contribution in [2.75, 3.05) is 45.2 Å². The number of fused-ring (bicyclic) bond motifs is 1. The van der Waals surface area contributed by atoms with Gasteiger partial charge in [-0.2, -0.15) is 13.2 Å². The zero-order valence-corrected chi connectivity index (χ0v) is 17.5. The highest BCUT2D eigenvalue weighted by Crippen LogP contribution is 2.38. The van der Waals surface area contributed by atoms with Crippen LogP contribution in [0.5, 0.6) is 0 Å². The van der Waals surface area contributed by atoms with Gasteiger partial charge in [0, 0.05) is 49.5 Å². The number of hydrogen-bond donors (Lipinski definition) is 2. The maximum Gasteiger partial charge on any atom is 0.418 e. The van der Waals surface area contributed by atoms with E-state index >= 15 is 0 Å². The minimum atomic E-state index is -4.46. The van der Waals surface area contributed by atoms with E-state index in [1.54, 1.807) is 12.1 Å². The van der Waals surface area contributed by atoms with E-state index < -0.39 is 11.7 Å². The molecule has 0 spiro atoms. The van der Waals surface area contributed by atoms with Gasteiger partial charge in [-0.3, -0.25) is 4.98 Å². The first-order valence-corrected chi connectivity index (χ1v) is 10.0. The van der Waals surface area contributed by atoms with Crippen molar-refractivity contribution in [2.24, 2.45) is 5.92 Å². The van der Waals surface area contributed by atoms with Crippen LogP contribution in [0.15, 0.2) is 30.5 Å². The fourth-order valence-corrected chi connectivity index (χ4v) is 3.94. The lowest BCUT2D eigenvalue weighted by Crippen LogP contribution is -2.53. The quantitative estimate of drug-likeness (QED) is 0.775. The number of piperidine rings is 1. The molecule has 2 N–H and O–H groups in total. The zero-order chi connectivity index (χ0) is 21.9. The molecule has 9 heteroatoms. The van der Waals surface area contributed by atoms with Crippen molar-refractivity contribution >= 4 is 22.6 Å². The monoisotopic (exact) mass is 423 g/mol. The van der Waals surface area contributed by atoms with Crippen molar-refractivity contribution in [2.45, 2.75) is 25.6 Å². The molecule has 1 aromatic carbocycles. The maximum absolute atomic E-state index is 13.4. The van der Waals surface area contributed by atoms with Crippen LogP contribution in [0.2, 0.25) is 0 Å². The van der Waals surface area contributed by atoms with E-state index in [0.29, 0.717) is 30.7 Å². The van der Waals surface area contributed by atoms with E-state index in [0.717, 1.165) is 19.0 Å². The molecule has 3 rings (SSSR count). The standard InChI is InChI=1S/C21H28F3N5O/c1-14-11-15(27-20(30)26-9-10-28(2)3)13-29(12-14)18-7-6-17(21(22,23)24)19-16(18)5-4-8-25-19/h4-8,14-15H,9-13H2,1-3H3,(H2,26,27,30)/t14-,15+/m0/s1. The Bertz CT molecular complexity index is 887. The van der Waals surface area contributed by atoms with Gasteiger partial charge in [-0.05, 0) is 50.7 Å². The van der Waals surface area contributed by atoms with Crippen molar-refractivity contribution in [1.29, 1.82) is 0 Å². The highest BCUT2D eigenvalue weighted by atomic mass is 19.4.